The smallest absolute Gasteiger partial charge is 0.263 e. The monoisotopic (exact) mass is 287 g/mol. The highest BCUT2D eigenvalue weighted by atomic mass is 127. The molecule has 0 atom stereocenters. The highest BCUT2D eigenvalue weighted by Crippen LogP contribution is 2.34. The molecular formula is C7H5F3IN. The number of aryl methyl sites for hydroxylation is 1. The zero-order chi connectivity index (χ0) is 9.35. The molecule has 0 amide bonds. The molecule has 1 heterocycles. The number of hydrogen-bond donors (Lipinski definition) is 0. The first-order valence-corrected chi connectivity index (χ1v) is 4.18. The van der Waals surface area contributed by atoms with E-state index >= 15 is 0 Å². The molecule has 1 aromatic heterocycles. The highest BCUT2D eigenvalue weighted by Gasteiger charge is 2.34. The highest BCUT2D eigenvalue weighted by molar-refractivity contribution is 14.1. The summed E-state index contributed by atoms with van der Waals surface area (Å²) in [7, 11) is 0. The van der Waals surface area contributed by atoms with E-state index in [0.29, 0.717) is 0 Å². The van der Waals surface area contributed by atoms with Crippen LogP contribution in [0.1, 0.15) is 11.1 Å². The van der Waals surface area contributed by atoms with E-state index in [9.17, 15) is 13.2 Å². The quantitative estimate of drug-likeness (QED) is 0.668. The number of halogens is 4. The predicted octanol–water partition coefficient (Wildman–Crippen LogP) is 3.01. The summed E-state index contributed by atoms with van der Waals surface area (Å²) in [6, 6.07) is 0. The first-order chi connectivity index (χ1) is 5.43. The SMILES string of the molecule is Cc1cncc(I)c1C(F)(F)F. The van der Waals surface area contributed by atoms with Crippen LogP contribution in [0.15, 0.2) is 12.4 Å². The molecule has 0 fully saturated rings. The van der Waals surface area contributed by atoms with Crippen LogP contribution in [0, 0.1) is 10.5 Å². The standard InChI is InChI=1S/C7H5F3IN/c1-4-2-12-3-5(11)6(4)7(8,9)10/h2-3H,1H3. The summed E-state index contributed by atoms with van der Waals surface area (Å²) >= 11 is 1.63. The van der Waals surface area contributed by atoms with E-state index in [1.807, 2.05) is 0 Å². The lowest BCUT2D eigenvalue weighted by molar-refractivity contribution is -0.138. The third kappa shape index (κ3) is 1.88. The number of rotatable bonds is 0. The van der Waals surface area contributed by atoms with Crippen LogP contribution in [-0.4, -0.2) is 4.98 Å². The molecule has 12 heavy (non-hydrogen) atoms. The molecule has 0 unspecified atom stereocenters. The molecule has 0 spiro atoms. The fourth-order valence-corrected chi connectivity index (χ4v) is 1.78. The number of nitrogens with zero attached hydrogens (tertiary/aromatic N) is 1. The summed E-state index contributed by atoms with van der Waals surface area (Å²) in [5, 5.41) is 0. The van der Waals surface area contributed by atoms with E-state index in [-0.39, 0.29) is 9.13 Å². The van der Waals surface area contributed by atoms with E-state index in [4.69, 9.17) is 0 Å². The van der Waals surface area contributed by atoms with Crippen LogP contribution < -0.4 is 0 Å². The minimum absolute atomic E-state index is 0.139. The van der Waals surface area contributed by atoms with E-state index in [1.165, 1.54) is 19.3 Å². The molecule has 1 aromatic rings. The fraction of sp³-hybridized carbons (Fsp3) is 0.286. The molecule has 0 aliphatic rings. The Morgan fingerprint density at radius 1 is 1.33 bits per heavy atom. The van der Waals surface area contributed by atoms with Crippen LogP contribution in [0.25, 0.3) is 0 Å². The van der Waals surface area contributed by atoms with Gasteiger partial charge in [-0.05, 0) is 35.1 Å². The maximum Gasteiger partial charge on any atom is 0.417 e. The summed E-state index contributed by atoms with van der Waals surface area (Å²) < 4.78 is 37.0. The lowest BCUT2D eigenvalue weighted by atomic mass is 10.1. The first kappa shape index (κ1) is 9.76. The largest absolute Gasteiger partial charge is 0.417 e. The minimum atomic E-state index is -4.27. The Balaban J connectivity index is 3.31. The fourth-order valence-electron chi connectivity index (χ4n) is 0.891. The van der Waals surface area contributed by atoms with Gasteiger partial charge >= 0.3 is 6.18 Å². The van der Waals surface area contributed by atoms with Gasteiger partial charge in [0.2, 0.25) is 0 Å². The molecule has 5 heteroatoms. The number of hydrogen-bond acceptors (Lipinski definition) is 1. The summed E-state index contributed by atoms with van der Waals surface area (Å²) in [6.07, 6.45) is -1.86. The van der Waals surface area contributed by atoms with E-state index in [2.05, 4.69) is 4.98 Å². The maximum atomic E-state index is 12.3. The Morgan fingerprint density at radius 3 is 2.25 bits per heavy atom. The normalized spacial score (nSPS) is 11.8. The predicted molar refractivity (Wildman–Crippen MR) is 46.7 cm³/mol. The van der Waals surface area contributed by atoms with E-state index < -0.39 is 11.7 Å². The molecule has 1 rings (SSSR count). The van der Waals surface area contributed by atoms with Crippen LogP contribution in [0.5, 0.6) is 0 Å². The molecule has 0 bridgehead atoms. The van der Waals surface area contributed by atoms with Crippen LogP contribution in [0.2, 0.25) is 0 Å². The van der Waals surface area contributed by atoms with Gasteiger partial charge in [-0.1, -0.05) is 0 Å². The van der Waals surface area contributed by atoms with Crippen molar-refractivity contribution in [3.63, 3.8) is 0 Å². The van der Waals surface area contributed by atoms with Crippen LogP contribution in [-0.2, 0) is 6.18 Å². The summed E-state index contributed by atoms with van der Waals surface area (Å²) in [5.74, 6) is 0. The molecule has 66 valence electrons. The lowest BCUT2D eigenvalue weighted by Crippen LogP contribution is -2.10. The molecule has 0 aliphatic carbocycles. The number of alkyl halides is 3. The molecule has 0 saturated carbocycles. The summed E-state index contributed by atoms with van der Waals surface area (Å²) in [5.41, 5.74) is -0.424. The molecule has 0 N–H and O–H groups in total. The van der Waals surface area contributed by atoms with Gasteiger partial charge in [0.15, 0.2) is 0 Å². The third-order valence-corrected chi connectivity index (χ3v) is 2.19. The van der Waals surface area contributed by atoms with Crippen molar-refractivity contribution >= 4 is 22.6 Å². The molecule has 0 aromatic carbocycles. The minimum Gasteiger partial charge on any atom is -0.263 e. The van der Waals surface area contributed by atoms with Gasteiger partial charge in [0.25, 0.3) is 0 Å². The van der Waals surface area contributed by atoms with Crippen molar-refractivity contribution in [1.29, 1.82) is 0 Å². The average molecular weight is 287 g/mol. The second-order valence-electron chi connectivity index (χ2n) is 2.31. The van der Waals surface area contributed by atoms with Gasteiger partial charge in [-0.2, -0.15) is 13.2 Å². The molecule has 0 saturated heterocycles. The van der Waals surface area contributed by atoms with Crippen molar-refractivity contribution in [3.05, 3.63) is 27.1 Å². The Morgan fingerprint density at radius 2 is 1.92 bits per heavy atom. The Hall–Kier alpha value is -0.330. The first-order valence-electron chi connectivity index (χ1n) is 3.10. The lowest BCUT2D eigenvalue weighted by Gasteiger charge is -2.10. The Labute approximate surface area is 81.1 Å². The second-order valence-corrected chi connectivity index (χ2v) is 3.47. The van der Waals surface area contributed by atoms with Crippen molar-refractivity contribution in [2.24, 2.45) is 0 Å². The zero-order valence-corrected chi connectivity index (χ0v) is 8.27. The second kappa shape index (κ2) is 3.20. The van der Waals surface area contributed by atoms with E-state index in [0.717, 1.165) is 0 Å². The molecule has 0 aliphatic heterocycles. The van der Waals surface area contributed by atoms with Gasteiger partial charge in [-0.25, -0.2) is 0 Å². The zero-order valence-electron chi connectivity index (χ0n) is 6.11. The topological polar surface area (TPSA) is 12.9 Å². The van der Waals surface area contributed by atoms with Crippen molar-refractivity contribution in [1.82, 2.24) is 4.98 Å². The number of aromatic nitrogens is 1. The van der Waals surface area contributed by atoms with Gasteiger partial charge in [0, 0.05) is 16.0 Å². The Kier molecular flexibility index (Phi) is 2.60. The van der Waals surface area contributed by atoms with Crippen molar-refractivity contribution in [2.45, 2.75) is 13.1 Å². The van der Waals surface area contributed by atoms with Crippen molar-refractivity contribution in [2.75, 3.05) is 0 Å². The molecular weight excluding hydrogens is 282 g/mol. The van der Waals surface area contributed by atoms with Gasteiger partial charge in [-0.3, -0.25) is 4.98 Å². The maximum absolute atomic E-state index is 12.3. The average Bonchev–Trinajstić information content (AvgIpc) is 1.82. The van der Waals surface area contributed by atoms with Crippen LogP contribution in [0.4, 0.5) is 13.2 Å². The summed E-state index contributed by atoms with van der Waals surface area (Å²) in [6.45, 7) is 1.40. The van der Waals surface area contributed by atoms with Crippen LogP contribution in [0.3, 0.4) is 0 Å². The van der Waals surface area contributed by atoms with E-state index in [1.54, 1.807) is 22.6 Å². The van der Waals surface area contributed by atoms with Gasteiger partial charge in [0.1, 0.15) is 0 Å². The van der Waals surface area contributed by atoms with Crippen LogP contribution >= 0.6 is 22.6 Å². The van der Waals surface area contributed by atoms with Gasteiger partial charge in [-0.15, -0.1) is 0 Å². The third-order valence-electron chi connectivity index (χ3n) is 1.37. The van der Waals surface area contributed by atoms with Crippen molar-refractivity contribution < 1.29 is 13.2 Å². The number of pyridine rings is 1. The molecule has 0 radical (unpaired) electrons. The summed E-state index contributed by atoms with van der Waals surface area (Å²) in [4.78, 5) is 3.65. The van der Waals surface area contributed by atoms with Gasteiger partial charge < -0.3 is 0 Å². The van der Waals surface area contributed by atoms with Gasteiger partial charge in [0.05, 0.1) is 5.56 Å². The molecule has 1 nitrogen and oxygen atoms in total. The Bertz CT molecular complexity index is 275. The van der Waals surface area contributed by atoms with Crippen molar-refractivity contribution in [3.8, 4) is 0 Å².